The summed E-state index contributed by atoms with van der Waals surface area (Å²) in [6, 6.07) is 0. The average molecular weight is 467 g/mol. The van der Waals surface area contributed by atoms with Gasteiger partial charge in [0.15, 0.2) is 11.5 Å². The molecule has 176 valence electrons. The number of nitrogens with one attached hydrogen (secondary N) is 1. The highest BCUT2D eigenvalue weighted by atomic mass is 32.1. The van der Waals surface area contributed by atoms with Gasteiger partial charge >= 0.3 is 5.97 Å². The number of piperidine rings is 1. The SMILES string of the molecule is Cc1nc(/C(=N/OC2(C(=O)OC(C)(C)C)CCN(C)CC2)C(=O)C[C@H]2CONC2=O)cs1. The van der Waals surface area contributed by atoms with Crippen LogP contribution in [0.4, 0.5) is 0 Å². The van der Waals surface area contributed by atoms with Gasteiger partial charge in [0.05, 0.1) is 17.5 Å². The smallest absolute Gasteiger partial charge is 0.353 e. The molecule has 2 aliphatic heterocycles. The number of oxime groups is 1. The van der Waals surface area contributed by atoms with Gasteiger partial charge in [0, 0.05) is 37.7 Å². The van der Waals surface area contributed by atoms with Gasteiger partial charge in [0.1, 0.15) is 11.3 Å². The molecule has 10 nitrogen and oxygen atoms in total. The molecule has 1 aromatic rings. The number of amides is 1. The van der Waals surface area contributed by atoms with E-state index in [9.17, 15) is 14.4 Å². The second-order valence-corrected chi connectivity index (χ2v) is 10.2. The van der Waals surface area contributed by atoms with Crippen molar-refractivity contribution in [2.24, 2.45) is 11.1 Å². The maximum Gasteiger partial charge on any atom is 0.353 e. The Morgan fingerprint density at radius 1 is 1.38 bits per heavy atom. The van der Waals surface area contributed by atoms with E-state index >= 15 is 0 Å². The summed E-state index contributed by atoms with van der Waals surface area (Å²) in [6.07, 6.45) is 0.642. The van der Waals surface area contributed by atoms with Crippen LogP contribution in [0.5, 0.6) is 0 Å². The largest absolute Gasteiger partial charge is 0.457 e. The zero-order chi connectivity index (χ0) is 23.5. The van der Waals surface area contributed by atoms with E-state index in [-0.39, 0.29) is 24.6 Å². The molecule has 1 aromatic heterocycles. The zero-order valence-corrected chi connectivity index (χ0v) is 19.9. The van der Waals surface area contributed by atoms with E-state index in [4.69, 9.17) is 14.4 Å². The van der Waals surface area contributed by atoms with Gasteiger partial charge in [0.25, 0.3) is 0 Å². The maximum atomic E-state index is 13.1. The summed E-state index contributed by atoms with van der Waals surface area (Å²) in [7, 11) is 1.96. The van der Waals surface area contributed by atoms with E-state index in [1.54, 1.807) is 26.2 Å². The first-order valence-corrected chi connectivity index (χ1v) is 11.4. The number of ether oxygens (including phenoxy) is 1. The summed E-state index contributed by atoms with van der Waals surface area (Å²) in [4.78, 5) is 55.2. The molecule has 0 unspecified atom stereocenters. The molecule has 0 saturated carbocycles. The lowest BCUT2D eigenvalue weighted by Crippen LogP contribution is -2.52. The molecule has 11 heteroatoms. The maximum absolute atomic E-state index is 13.1. The molecule has 0 bridgehead atoms. The zero-order valence-electron chi connectivity index (χ0n) is 19.1. The highest BCUT2D eigenvalue weighted by molar-refractivity contribution is 7.09. The molecule has 1 N–H and O–H groups in total. The van der Waals surface area contributed by atoms with Gasteiger partial charge in [-0.25, -0.2) is 15.3 Å². The first kappa shape index (κ1) is 24.3. The van der Waals surface area contributed by atoms with Gasteiger partial charge in [-0.15, -0.1) is 11.3 Å². The number of carbonyl (C=O) groups is 3. The van der Waals surface area contributed by atoms with E-state index < -0.39 is 28.9 Å². The predicted molar refractivity (Wildman–Crippen MR) is 117 cm³/mol. The van der Waals surface area contributed by atoms with Crippen LogP contribution in [0.1, 0.15) is 50.7 Å². The molecule has 0 aromatic carbocycles. The van der Waals surface area contributed by atoms with Crippen molar-refractivity contribution in [2.45, 2.75) is 58.2 Å². The van der Waals surface area contributed by atoms with Crippen molar-refractivity contribution in [1.82, 2.24) is 15.4 Å². The molecule has 2 fully saturated rings. The Hall–Kier alpha value is -2.37. The molecule has 2 aliphatic rings. The third-order valence-corrected chi connectivity index (χ3v) is 6.04. The fourth-order valence-corrected chi connectivity index (χ4v) is 3.97. The molecule has 2 saturated heterocycles. The Bertz CT molecular complexity index is 898. The Labute approximate surface area is 191 Å². The number of hydrogen-bond acceptors (Lipinski definition) is 10. The summed E-state index contributed by atoms with van der Waals surface area (Å²) < 4.78 is 5.62. The van der Waals surface area contributed by atoms with Crippen molar-refractivity contribution in [3.8, 4) is 0 Å². The number of Topliss-reactive ketones (excluding diaryl/α,β-unsaturated/α-hetero) is 1. The van der Waals surface area contributed by atoms with Crippen LogP contribution in [0.25, 0.3) is 0 Å². The van der Waals surface area contributed by atoms with Crippen LogP contribution in [0.2, 0.25) is 0 Å². The van der Waals surface area contributed by atoms with Crippen molar-refractivity contribution >= 4 is 34.7 Å². The molecule has 0 aliphatic carbocycles. The molecule has 0 radical (unpaired) electrons. The van der Waals surface area contributed by atoms with E-state index in [2.05, 4.69) is 20.5 Å². The molecule has 32 heavy (non-hydrogen) atoms. The molecular formula is C21H30N4O6S. The Morgan fingerprint density at radius 3 is 2.59 bits per heavy atom. The number of rotatable bonds is 7. The standard InChI is InChI=1S/C21H30N4O6S/c1-13-22-15(12-32-13)17(16(26)10-14-11-29-24-18(14)27)23-31-21(6-8-25(5)9-7-21)19(28)30-20(2,3)4/h12,14H,6-11H2,1-5H3,(H,24,27)/b23-17-/t14-/m0/s1. The molecule has 1 atom stereocenters. The number of hydrogen-bond donors (Lipinski definition) is 1. The van der Waals surface area contributed by atoms with Crippen LogP contribution in [-0.4, -0.2) is 71.2 Å². The first-order valence-electron chi connectivity index (χ1n) is 10.5. The van der Waals surface area contributed by atoms with Crippen LogP contribution in [0, 0.1) is 12.8 Å². The highest BCUT2D eigenvalue weighted by Gasteiger charge is 2.47. The Morgan fingerprint density at radius 2 is 2.06 bits per heavy atom. The molecule has 3 heterocycles. The summed E-state index contributed by atoms with van der Waals surface area (Å²) in [5.41, 5.74) is 0.585. The Balaban J connectivity index is 1.88. The molecule has 3 rings (SSSR count). The quantitative estimate of drug-likeness (QED) is 0.366. The van der Waals surface area contributed by atoms with Gasteiger partial charge in [-0.05, 0) is 34.7 Å². The first-order chi connectivity index (χ1) is 15.0. The van der Waals surface area contributed by atoms with Gasteiger partial charge in [-0.1, -0.05) is 5.16 Å². The number of aryl methyl sites for hydroxylation is 1. The van der Waals surface area contributed by atoms with E-state index in [1.807, 2.05) is 14.0 Å². The van der Waals surface area contributed by atoms with E-state index in [0.29, 0.717) is 31.6 Å². The third-order valence-electron chi connectivity index (χ3n) is 5.26. The van der Waals surface area contributed by atoms with Crippen molar-refractivity contribution in [3.05, 3.63) is 16.1 Å². The lowest BCUT2D eigenvalue weighted by atomic mass is 9.91. The van der Waals surface area contributed by atoms with Crippen molar-refractivity contribution in [1.29, 1.82) is 0 Å². The highest BCUT2D eigenvalue weighted by Crippen LogP contribution is 2.30. The Kier molecular flexibility index (Phi) is 7.31. The molecule has 0 spiro atoms. The number of esters is 1. The third kappa shape index (κ3) is 5.90. The van der Waals surface area contributed by atoms with Crippen molar-refractivity contribution in [2.75, 3.05) is 26.7 Å². The topological polar surface area (TPSA) is 119 Å². The lowest BCUT2D eigenvalue weighted by molar-refractivity contribution is -0.190. The second kappa shape index (κ2) is 9.63. The monoisotopic (exact) mass is 466 g/mol. The van der Waals surface area contributed by atoms with Crippen LogP contribution < -0.4 is 5.48 Å². The van der Waals surface area contributed by atoms with Crippen molar-refractivity contribution in [3.63, 3.8) is 0 Å². The summed E-state index contributed by atoms with van der Waals surface area (Å²) in [6.45, 7) is 8.52. The lowest BCUT2D eigenvalue weighted by Gasteiger charge is -2.38. The van der Waals surface area contributed by atoms with Gasteiger partial charge in [-0.3, -0.25) is 14.4 Å². The average Bonchev–Trinajstić information content (AvgIpc) is 3.30. The van der Waals surface area contributed by atoms with Gasteiger partial charge in [0.2, 0.25) is 11.5 Å². The fraction of sp³-hybridized carbons (Fsp3) is 0.667. The van der Waals surface area contributed by atoms with Crippen LogP contribution in [0.15, 0.2) is 10.5 Å². The normalized spacial score (nSPS) is 21.8. The minimum atomic E-state index is -1.30. The number of nitrogens with zero attached hydrogens (tertiary/aromatic N) is 3. The summed E-state index contributed by atoms with van der Waals surface area (Å²) in [5, 5.41) is 6.62. The number of thiazole rings is 1. The van der Waals surface area contributed by atoms with Crippen molar-refractivity contribution < 1.29 is 28.8 Å². The number of aromatic nitrogens is 1. The number of ketones is 1. The molecular weight excluding hydrogens is 436 g/mol. The second-order valence-electron chi connectivity index (χ2n) is 9.18. The minimum Gasteiger partial charge on any atom is -0.457 e. The van der Waals surface area contributed by atoms with Crippen LogP contribution in [-0.2, 0) is 28.8 Å². The number of carbonyl (C=O) groups excluding carboxylic acids is 3. The van der Waals surface area contributed by atoms with Crippen LogP contribution in [0.3, 0.4) is 0 Å². The fourth-order valence-electron chi connectivity index (χ4n) is 3.37. The van der Waals surface area contributed by atoms with Crippen LogP contribution >= 0.6 is 11.3 Å². The van der Waals surface area contributed by atoms with Gasteiger partial charge < -0.3 is 14.5 Å². The number of hydroxylamine groups is 1. The van der Waals surface area contributed by atoms with Gasteiger partial charge in [-0.2, -0.15) is 0 Å². The number of likely N-dealkylation sites (tertiary alicyclic amines) is 1. The molecule has 1 amide bonds. The summed E-state index contributed by atoms with van der Waals surface area (Å²) in [5.74, 6) is -1.89. The van der Waals surface area contributed by atoms with E-state index in [1.165, 1.54) is 11.3 Å². The summed E-state index contributed by atoms with van der Waals surface area (Å²) >= 11 is 1.37. The minimum absolute atomic E-state index is 0.0177. The van der Waals surface area contributed by atoms with E-state index in [0.717, 1.165) is 5.01 Å². The predicted octanol–water partition coefficient (Wildman–Crippen LogP) is 1.62.